The van der Waals surface area contributed by atoms with Gasteiger partial charge in [0.05, 0.1) is 13.2 Å². The van der Waals surface area contributed by atoms with Crippen LogP contribution in [0.25, 0.3) is 10.4 Å². The normalized spacial score (nSPS) is 20.1. The number of hydrogen-bond acceptors (Lipinski definition) is 5. The van der Waals surface area contributed by atoms with Gasteiger partial charge in [-0.2, -0.15) is 0 Å². The Morgan fingerprint density at radius 2 is 2.14 bits per heavy atom. The number of carbonyl (C=O) groups excluding carboxylic acids is 2. The fourth-order valence-corrected chi connectivity index (χ4v) is 2.33. The van der Waals surface area contributed by atoms with Gasteiger partial charge in [0.15, 0.2) is 0 Å². The van der Waals surface area contributed by atoms with Gasteiger partial charge in [-0.25, -0.2) is 9.59 Å². The molecule has 2 rings (SSSR count). The summed E-state index contributed by atoms with van der Waals surface area (Å²) in [5.74, 6) is -0.549. The van der Waals surface area contributed by atoms with Gasteiger partial charge in [0.1, 0.15) is 12.6 Å². The summed E-state index contributed by atoms with van der Waals surface area (Å²) in [6.07, 6.45) is -0.396. The number of rotatable bonds is 4. The minimum atomic E-state index is -0.788. The Kier molecular flexibility index (Phi) is 5.21. The van der Waals surface area contributed by atoms with E-state index in [2.05, 4.69) is 14.8 Å². The van der Waals surface area contributed by atoms with Crippen LogP contribution in [0.3, 0.4) is 0 Å². The second kappa shape index (κ2) is 7.33. The van der Waals surface area contributed by atoms with Gasteiger partial charge < -0.3 is 9.47 Å². The van der Waals surface area contributed by atoms with Crippen molar-refractivity contribution >= 4 is 12.1 Å². The molecule has 0 aliphatic carbocycles. The number of hydrogen-bond donors (Lipinski definition) is 0. The average Bonchev–Trinajstić information content (AvgIpc) is 2.97. The maximum Gasteiger partial charge on any atom is 0.410 e. The van der Waals surface area contributed by atoms with Crippen LogP contribution in [0.5, 0.6) is 0 Å². The molecule has 1 aliphatic rings. The number of esters is 1. The molecule has 1 heterocycles. The molecule has 1 aliphatic heterocycles. The number of benzene rings is 1. The van der Waals surface area contributed by atoms with E-state index in [-0.39, 0.29) is 19.6 Å². The van der Waals surface area contributed by atoms with Crippen LogP contribution >= 0.6 is 0 Å². The Morgan fingerprint density at radius 3 is 2.77 bits per heavy atom. The quantitative estimate of drug-likeness (QED) is 0.368. The third kappa shape index (κ3) is 3.67. The summed E-state index contributed by atoms with van der Waals surface area (Å²) in [7, 11) is 1.25. The first-order chi connectivity index (χ1) is 10.7. The molecular weight excluding hydrogens is 288 g/mol. The number of ether oxygens (including phenoxy) is 2. The Hall–Kier alpha value is -2.73. The summed E-state index contributed by atoms with van der Waals surface area (Å²) in [5, 5.41) is 3.56. The summed E-state index contributed by atoms with van der Waals surface area (Å²) < 4.78 is 9.89. The lowest BCUT2D eigenvalue weighted by Gasteiger charge is -2.21. The minimum Gasteiger partial charge on any atom is -0.467 e. The highest BCUT2D eigenvalue weighted by Crippen LogP contribution is 2.23. The van der Waals surface area contributed by atoms with Crippen molar-refractivity contribution in [2.45, 2.75) is 25.1 Å². The van der Waals surface area contributed by atoms with Gasteiger partial charge in [-0.1, -0.05) is 35.4 Å². The molecule has 22 heavy (non-hydrogen) atoms. The van der Waals surface area contributed by atoms with Gasteiger partial charge in [-0.3, -0.25) is 4.90 Å². The molecule has 0 aromatic heterocycles. The van der Waals surface area contributed by atoms with Crippen LogP contribution in [0.2, 0.25) is 0 Å². The first-order valence-corrected chi connectivity index (χ1v) is 6.75. The van der Waals surface area contributed by atoms with E-state index in [0.29, 0.717) is 0 Å². The molecule has 0 N–H and O–H groups in total. The van der Waals surface area contributed by atoms with Crippen LogP contribution in [0.4, 0.5) is 4.79 Å². The van der Waals surface area contributed by atoms with Crippen LogP contribution in [0.15, 0.2) is 35.4 Å². The van der Waals surface area contributed by atoms with Gasteiger partial charge in [0.2, 0.25) is 0 Å². The van der Waals surface area contributed by atoms with Crippen molar-refractivity contribution in [3.05, 3.63) is 46.3 Å². The monoisotopic (exact) mass is 304 g/mol. The predicted octanol–water partition coefficient (Wildman–Crippen LogP) is 2.25. The van der Waals surface area contributed by atoms with Crippen LogP contribution in [-0.4, -0.2) is 42.7 Å². The molecule has 8 heteroatoms. The molecule has 0 saturated carbocycles. The number of carbonyl (C=O) groups is 2. The van der Waals surface area contributed by atoms with Gasteiger partial charge >= 0.3 is 12.1 Å². The lowest BCUT2D eigenvalue weighted by molar-refractivity contribution is -0.145. The third-order valence-corrected chi connectivity index (χ3v) is 3.41. The molecule has 116 valence electrons. The third-order valence-electron chi connectivity index (χ3n) is 3.41. The number of likely N-dealkylation sites (tertiary alicyclic amines) is 1. The SMILES string of the molecule is COC(=O)[C@@H]1C[C@@H](N=[N+]=[N-])CN1C(=O)OCc1ccccc1. The summed E-state index contributed by atoms with van der Waals surface area (Å²) in [6, 6.07) is 7.96. The van der Waals surface area contributed by atoms with Crippen molar-refractivity contribution in [3.8, 4) is 0 Å². The molecule has 8 nitrogen and oxygen atoms in total. The Labute approximate surface area is 127 Å². The molecule has 0 unspecified atom stereocenters. The van der Waals surface area contributed by atoms with E-state index < -0.39 is 24.1 Å². The van der Waals surface area contributed by atoms with Crippen molar-refractivity contribution < 1.29 is 19.1 Å². The molecule has 1 aromatic carbocycles. The zero-order valence-corrected chi connectivity index (χ0v) is 12.1. The molecule has 1 saturated heterocycles. The number of methoxy groups -OCH3 is 1. The lowest BCUT2D eigenvalue weighted by Crippen LogP contribution is -2.41. The largest absolute Gasteiger partial charge is 0.467 e. The second-order valence-electron chi connectivity index (χ2n) is 4.83. The molecule has 0 bridgehead atoms. The smallest absolute Gasteiger partial charge is 0.410 e. The Balaban J connectivity index is 2.02. The Morgan fingerprint density at radius 1 is 1.41 bits per heavy atom. The highest BCUT2D eigenvalue weighted by atomic mass is 16.6. The maximum atomic E-state index is 12.2. The fraction of sp³-hybridized carbons (Fsp3) is 0.429. The average molecular weight is 304 g/mol. The van der Waals surface area contributed by atoms with Crippen LogP contribution in [-0.2, 0) is 20.9 Å². The zero-order chi connectivity index (χ0) is 15.9. The van der Waals surface area contributed by atoms with Gasteiger partial charge in [0.25, 0.3) is 0 Å². The standard InChI is InChI=1S/C14H16N4O4/c1-21-13(19)12-7-11(16-17-15)8-18(12)14(20)22-9-10-5-3-2-4-6-10/h2-6,11-12H,7-9H2,1H3/t11-,12+/m1/s1. The van der Waals surface area contributed by atoms with Gasteiger partial charge in [0, 0.05) is 11.5 Å². The van der Waals surface area contributed by atoms with E-state index in [1.165, 1.54) is 12.0 Å². The summed E-state index contributed by atoms with van der Waals surface area (Å²) in [6.45, 7) is 0.244. The van der Waals surface area contributed by atoms with E-state index in [1.807, 2.05) is 30.3 Å². The van der Waals surface area contributed by atoms with Crippen molar-refractivity contribution in [2.24, 2.45) is 5.11 Å². The number of amides is 1. The first-order valence-electron chi connectivity index (χ1n) is 6.75. The molecule has 1 fully saturated rings. The zero-order valence-electron chi connectivity index (χ0n) is 12.1. The second-order valence-corrected chi connectivity index (χ2v) is 4.83. The minimum absolute atomic E-state index is 0.107. The fourth-order valence-electron chi connectivity index (χ4n) is 2.33. The molecular formula is C14H16N4O4. The summed E-state index contributed by atoms with van der Waals surface area (Å²) in [4.78, 5) is 27.9. The molecule has 0 spiro atoms. The highest BCUT2D eigenvalue weighted by Gasteiger charge is 2.40. The van der Waals surface area contributed by atoms with E-state index in [4.69, 9.17) is 10.3 Å². The van der Waals surface area contributed by atoms with Gasteiger partial charge in [-0.05, 0) is 17.5 Å². The number of azide groups is 1. The lowest BCUT2D eigenvalue weighted by atomic mass is 10.2. The van der Waals surface area contributed by atoms with Crippen LogP contribution < -0.4 is 0 Å². The van der Waals surface area contributed by atoms with Crippen molar-refractivity contribution in [2.75, 3.05) is 13.7 Å². The van der Waals surface area contributed by atoms with E-state index in [0.717, 1.165) is 5.56 Å². The number of nitrogens with zero attached hydrogens (tertiary/aromatic N) is 4. The van der Waals surface area contributed by atoms with E-state index >= 15 is 0 Å². The summed E-state index contributed by atoms with van der Waals surface area (Å²) >= 11 is 0. The topological polar surface area (TPSA) is 105 Å². The van der Waals surface area contributed by atoms with E-state index in [9.17, 15) is 9.59 Å². The molecule has 1 aromatic rings. The van der Waals surface area contributed by atoms with Crippen molar-refractivity contribution in [3.63, 3.8) is 0 Å². The first kappa shape index (κ1) is 15.7. The predicted molar refractivity (Wildman–Crippen MR) is 76.7 cm³/mol. The van der Waals surface area contributed by atoms with Crippen LogP contribution in [0.1, 0.15) is 12.0 Å². The van der Waals surface area contributed by atoms with Crippen LogP contribution in [0, 0.1) is 0 Å². The van der Waals surface area contributed by atoms with Crippen molar-refractivity contribution in [1.29, 1.82) is 0 Å². The highest BCUT2D eigenvalue weighted by molar-refractivity contribution is 5.82. The maximum absolute atomic E-state index is 12.2. The molecule has 2 atom stereocenters. The molecule has 1 amide bonds. The summed E-state index contributed by atoms with van der Waals surface area (Å²) in [5.41, 5.74) is 9.34. The Bertz CT molecular complexity index is 586. The molecule has 0 radical (unpaired) electrons. The van der Waals surface area contributed by atoms with Gasteiger partial charge in [-0.15, -0.1) is 0 Å². The van der Waals surface area contributed by atoms with E-state index in [1.54, 1.807) is 0 Å². The van der Waals surface area contributed by atoms with Crippen molar-refractivity contribution in [1.82, 2.24) is 4.90 Å².